The van der Waals surface area contributed by atoms with Crippen LogP contribution in [0.1, 0.15) is 18.7 Å². The molecular formula is C15H16ClN3O. The van der Waals surface area contributed by atoms with Gasteiger partial charge in [0.15, 0.2) is 0 Å². The Morgan fingerprint density at radius 3 is 2.85 bits per heavy atom. The highest BCUT2D eigenvalue weighted by Gasteiger charge is 2.08. The molecule has 0 saturated carbocycles. The first-order valence-electron chi connectivity index (χ1n) is 6.35. The molecule has 0 bridgehead atoms. The van der Waals surface area contributed by atoms with Gasteiger partial charge in [-0.05, 0) is 37.3 Å². The maximum Gasteiger partial charge on any atom is 0.238 e. The molecule has 0 fully saturated rings. The number of aromatic nitrogens is 1. The summed E-state index contributed by atoms with van der Waals surface area (Å²) in [6, 6.07) is 12.8. The van der Waals surface area contributed by atoms with Gasteiger partial charge in [0.1, 0.15) is 0 Å². The third-order valence-corrected chi connectivity index (χ3v) is 3.04. The molecule has 1 unspecified atom stereocenters. The summed E-state index contributed by atoms with van der Waals surface area (Å²) >= 11 is 5.86. The van der Waals surface area contributed by atoms with Crippen LogP contribution in [-0.4, -0.2) is 17.4 Å². The molecule has 0 aliphatic rings. The van der Waals surface area contributed by atoms with Crippen molar-refractivity contribution in [3.63, 3.8) is 0 Å². The van der Waals surface area contributed by atoms with Crippen molar-refractivity contribution in [2.45, 2.75) is 13.0 Å². The van der Waals surface area contributed by atoms with Crippen LogP contribution in [0.5, 0.6) is 0 Å². The van der Waals surface area contributed by atoms with E-state index < -0.39 is 0 Å². The van der Waals surface area contributed by atoms with E-state index in [0.29, 0.717) is 10.7 Å². The predicted octanol–water partition coefficient (Wildman–Crippen LogP) is 3.02. The molecule has 5 heteroatoms. The molecule has 20 heavy (non-hydrogen) atoms. The molecule has 104 valence electrons. The fraction of sp³-hybridized carbons (Fsp3) is 0.200. The number of amides is 1. The molecule has 1 aromatic carbocycles. The Labute approximate surface area is 123 Å². The average Bonchev–Trinajstić information content (AvgIpc) is 2.46. The van der Waals surface area contributed by atoms with Crippen LogP contribution in [0.15, 0.2) is 48.7 Å². The van der Waals surface area contributed by atoms with Gasteiger partial charge in [-0.25, -0.2) is 0 Å². The van der Waals surface area contributed by atoms with Gasteiger partial charge >= 0.3 is 0 Å². The Morgan fingerprint density at radius 1 is 1.30 bits per heavy atom. The Bertz CT molecular complexity index is 574. The molecule has 0 aliphatic heterocycles. The second kappa shape index (κ2) is 7.03. The number of pyridine rings is 1. The van der Waals surface area contributed by atoms with E-state index in [9.17, 15) is 4.79 Å². The van der Waals surface area contributed by atoms with E-state index in [1.165, 1.54) is 0 Å². The molecular weight excluding hydrogens is 274 g/mol. The van der Waals surface area contributed by atoms with Gasteiger partial charge in [0.05, 0.1) is 12.2 Å². The highest BCUT2D eigenvalue weighted by Crippen LogP contribution is 2.14. The van der Waals surface area contributed by atoms with Gasteiger partial charge in [-0.3, -0.25) is 9.78 Å². The smallest absolute Gasteiger partial charge is 0.238 e. The Kier molecular flexibility index (Phi) is 5.09. The molecule has 1 aromatic heterocycles. The highest BCUT2D eigenvalue weighted by molar-refractivity contribution is 6.30. The second-order valence-corrected chi connectivity index (χ2v) is 4.85. The number of carbonyl (C=O) groups is 1. The standard InChI is InChI=1S/C15H16ClN3O/c1-11(14-7-2-3-8-17-14)18-10-15(20)19-13-6-4-5-12(16)9-13/h2-9,11,18H,10H2,1H3,(H,19,20). The minimum absolute atomic E-state index is 0.0151. The molecule has 4 nitrogen and oxygen atoms in total. The number of halogens is 1. The number of anilines is 1. The third-order valence-electron chi connectivity index (χ3n) is 2.81. The van der Waals surface area contributed by atoms with E-state index in [1.54, 1.807) is 30.5 Å². The van der Waals surface area contributed by atoms with Crippen molar-refractivity contribution in [2.75, 3.05) is 11.9 Å². The number of carbonyl (C=O) groups excluding carboxylic acids is 1. The summed E-state index contributed by atoms with van der Waals surface area (Å²) < 4.78 is 0. The van der Waals surface area contributed by atoms with E-state index in [-0.39, 0.29) is 18.5 Å². The molecule has 1 amide bonds. The van der Waals surface area contributed by atoms with Crippen LogP contribution in [0.2, 0.25) is 5.02 Å². The van der Waals surface area contributed by atoms with Crippen LogP contribution >= 0.6 is 11.6 Å². The summed E-state index contributed by atoms with van der Waals surface area (Å²) in [4.78, 5) is 16.1. The highest BCUT2D eigenvalue weighted by atomic mass is 35.5. The molecule has 1 heterocycles. The molecule has 0 radical (unpaired) electrons. The fourth-order valence-corrected chi connectivity index (χ4v) is 1.94. The lowest BCUT2D eigenvalue weighted by molar-refractivity contribution is -0.115. The summed E-state index contributed by atoms with van der Waals surface area (Å²) in [5.41, 5.74) is 1.60. The van der Waals surface area contributed by atoms with Gasteiger partial charge in [-0.15, -0.1) is 0 Å². The van der Waals surface area contributed by atoms with E-state index in [0.717, 1.165) is 5.69 Å². The maximum absolute atomic E-state index is 11.8. The predicted molar refractivity (Wildman–Crippen MR) is 80.7 cm³/mol. The fourth-order valence-electron chi connectivity index (χ4n) is 1.75. The zero-order valence-corrected chi connectivity index (χ0v) is 11.9. The summed E-state index contributed by atoms with van der Waals surface area (Å²) in [5.74, 6) is -0.116. The Hall–Kier alpha value is -1.91. The van der Waals surface area contributed by atoms with Crippen LogP contribution in [0, 0.1) is 0 Å². The van der Waals surface area contributed by atoms with Gasteiger partial charge in [0.25, 0.3) is 0 Å². The Morgan fingerprint density at radius 2 is 2.15 bits per heavy atom. The van der Waals surface area contributed by atoms with Gasteiger partial charge in [-0.1, -0.05) is 23.7 Å². The third kappa shape index (κ3) is 4.33. The summed E-state index contributed by atoms with van der Waals surface area (Å²) in [6.45, 7) is 2.18. The van der Waals surface area contributed by atoms with Crippen molar-refractivity contribution in [2.24, 2.45) is 0 Å². The lowest BCUT2D eigenvalue weighted by atomic mass is 10.2. The zero-order valence-electron chi connectivity index (χ0n) is 11.1. The molecule has 0 saturated heterocycles. The first-order valence-corrected chi connectivity index (χ1v) is 6.72. The van der Waals surface area contributed by atoms with E-state index in [4.69, 9.17) is 11.6 Å². The van der Waals surface area contributed by atoms with Gasteiger partial charge in [0, 0.05) is 22.9 Å². The number of nitrogens with zero attached hydrogens (tertiary/aromatic N) is 1. The van der Waals surface area contributed by atoms with Crippen LogP contribution in [0.25, 0.3) is 0 Å². The number of benzene rings is 1. The molecule has 1 atom stereocenters. The minimum atomic E-state index is -0.116. The van der Waals surface area contributed by atoms with Crippen molar-refractivity contribution in [1.29, 1.82) is 0 Å². The first-order chi connectivity index (χ1) is 9.65. The maximum atomic E-state index is 11.8. The molecule has 0 aliphatic carbocycles. The van der Waals surface area contributed by atoms with Gasteiger partial charge < -0.3 is 10.6 Å². The number of rotatable bonds is 5. The summed E-state index contributed by atoms with van der Waals surface area (Å²) in [6.07, 6.45) is 1.74. The SMILES string of the molecule is CC(NCC(=O)Nc1cccc(Cl)c1)c1ccccn1. The normalized spacial score (nSPS) is 11.9. The van der Waals surface area contributed by atoms with Crippen LogP contribution in [-0.2, 0) is 4.79 Å². The van der Waals surface area contributed by atoms with E-state index in [2.05, 4.69) is 15.6 Å². The van der Waals surface area contributed by atoms with Crippen molar-refractivity contribution < 1.29 is 4.79 Å². The molecule has 2 N–H and O–H groups in total. The largest absolute Gasteiger partial charge is 0.325 e. The Balaban J connectivity index is 1.83. The monoisotopic (exact) mass is 289 g/mol. The average molecular weight is 290 g/mol. The molecule has 2 aromatic rings. The van der Waals surface area contributed by atoms with Crippen molar-refractivity contribution in [1.82, 2.24) is 10.3 Å². The van der Waals surface area contributed by atoms with E-state index >= 15 is 0 Å². The summed E-state index contributed by atoms with van der Waals surface area (Å²) in [7, 11) is 0. The van der Waals surface area contributed by atoms with Crippen molar-refractivity contribution in [3.8, 4) is 0 Å². The van der Waals surface area contributed by atoms with Crippen LogP contribution in [0.4, 0.5) is 5.69 Å². The van der Waals surface area contributed by atoms with Crippen molar-refractivity contribution >= 4 is 23.2 Å². The van der Waals surface area contributed by atoms with Crippen molar-refractivity contribution in [3.05, 3.63) is 59.4 Å². The molecule has 0 spiro atoms. The zero-order chi connectivity index (χ0) is 14.4. The quantitative estimate of drug-likeness (QED) is 0.889. The second-order valence-electron chi connectivity index (χ2n) is 4.42. The number of nitrogens with one attached hydrogen (secondary N) is 2. The van der Waals surface area contributed by atoms with E-state index in [1.807, 2.05) is 25.1 Å². The lowest BCUT2D eigenvalue weighted by Crippen LogP contribution is -2.30. The number of hydrogen-bond acceptors (Lipinski definition) is 3. The minimum Gasteiger partial charge on any atom is -0.325 e. The lowest BCUT2D eigenvalue weighted by Gasteiger charge is -2.13. The number of hydrogen-bond donors (Lipinski definition) is 2. The van der Waals surface area contributed by atoms with Gasteiger partial charge in [-0.2, -0.15) is 0 Å². The van der Waals surface area contributed by atoms with Crippen LogP contribution in [0.3, 0.4) is 0 Å². The first kappa shape index (κ1) is 14.5. The topological polar surface area (TPSA) is 54.0 Å². The van der Waals surface area contributed by atoms with Gasteiger partial charge in [0.2, 0.25) is 5.91 Å². The molecule has 2 rings (SSSR count). The van der Waals surface area contributed by atoms with Crippen LogP contribution < -0.4 is 10.6 Å². The summed E-state index contributed by atoms with van der Waals surface area (Å²) in [5, 5.41) is 6.50.